The highest BCUT2D eigenvalue weighted by molar-refractivity contribution is 9.10. The number of anilines is 1. The highest BCUT2D eigenvalue weighted by Gasteiger charge is 2.11. The van der Waals surface area contributed by atoms with Gasteiger partial charge in [0, 0.05) is 16.3 Å². The average molecular weight is 354 g/mol. The van der Waals surface area contributed by atoms with Crippen molar-refractivity contribution in [3.05, 3.63) is 26.1 Å². The molecule has 1 aromatic carbocycles. The Bertz CT molecular complexity index is 492. The number of nitrogens with zero attached hydrogens (tertiary/aromatic N) is 1. The smallest absolute Gasteiger partial charge is 0.327 e. The van der Waals surface area contributed by atoms with Crippen molar-refractivity contribution in [2.45, 2.75) is 6.92 Å². The molecule has 0 fully saturated rings. The summed E-state index contributed by atoms with van der Waals surface area (Å²) in [6.45, 7) is 1.96. The van der Waals surface area contributed by atoms with Crippen molar-refractivity contribution in [3.63, 3.8) is 0 Å². The Hall–Kier alpha value is -0.780. The Morgan fingerprint density at radius 1 is 1.61 bits per heavy atom. The lowest BCUT2D eigenvalue weighted by Gasteiger charge is -2.07. The van der Waals surface area contributed by atoms with Gasteiger partial charge < -0.3 is 10.5 Å². The molecule has 7 heteroatoms. The molecule has 0 amide bonds. The molecule has 0 saturated heterocycles. The predicted octanol–water partition coefficient (Wildman–Crippen LogP) is 3.32. The number of rotatable bonds is 4. The van der Waals surface area contributed by atoms with Crippen molar-refractivity contribution in [2.24, 2.45) is 4.99 Å². The minimum Gasteiger partial charge on any atom is -0.465 e. The molecule has 0 saturated carbocycles. The Morgan fingerprint density at radius 2 is 2.28 bits per heavy atom. The highest BCUT2D eigenvalue weighted by Crippen LogP contribution is 2.35. The number of aliphatic imine (C=N–C) groups is 1. The fourth-order valence-corrected chi connectivity index (χ4v) is 2.17. The van der Waals surface area contributed by atoms with Gasteiger partial charge in [0.05, 0.1) is 22.3 Å². The number of esters is 1. The molecule has 0 unspecified atom stereocenters. The molecule has 1 aromatic rings. The third kappa shape index (κ3) is 3.86. The second kappa shape index (κ2) is 6.97. The van der Waals surface area contributed by atoms with E-state index >= 15 is 0 Å². The molecule has 0 atom stereocenters. The van der Waals surface area contributed by atoms with Crippen molar-refractivity contribution in [2.75, 3.05) is 18.9 Å². The molecule has 0 aromatic heterocycles. The first-order valence-corrected chi connectivity index (χ1v) is 6.60. The van der Waals surface area contributed by atoms with E-state index in [1.807, 2.05) is 0 Å². The lowest BCUT2D eigenvalue weighted by Crippen LogP contribution is -2.08. The van der Waals surface area contributed by atoms with Gasteiger partial charge in [0.1, 0.15) is 6.54 Å². The number of hydrogen-bond donors (Lipinski definition) is 1. The van der Waals surface area contributed by atoms with Crippen LogP contribution in [0.2, 0.25) is 10.0 Å². The normalized spacial score (nSPS) is 10.9. The summed E-state index contributed by atoms with van der Waals surface area (Å²) >= 11 is 15.2. The van der Waals surface area contributed by atoms with Gasteiger partial charge in [-0.25, -0.2) is 0 Å². The number of nitrogens with two attached hydrogens (primary N) is 1. The number of ether oxygens (including phenoxy) is 1. The molecule has 0 aliphatic rings. The van der Waals surface area contributed by atoms with E-state index < -0.39 is 5.97 Å². The van der Waals surface area contributed by atoms with Crippen molar-refractivity contribution >= 4 is 57.0 Å². The lowest BCUT2D eigenvalue weighted by atomic mass is 10.2. The summed E-state index contributed by atoms with van der Waals surface area (Å²) in [7, 11) is 0. The minimum atomic E-state index is -0.411. The van der Waals surface area contributed by atoms with Crippen LogP contribution in [0.3, 0.4) is 0 Å². The van der Waals surface area contributed by atoms with Crippen molar-refractivity contribution in [1.29, 1.82) is 0 Å². The first kappa shape index (κ1) is 15.3. The molecule has 2 N–H and O–H groups in total. The summed E-state index contributed by atoms with van der Waals surface area (Å²) in [5, 5.41) is 0.758. The molecule has 18 heavy (non-hydrogen) atoms. The van der Waals surface area contributed by atoms with Gasteiger partial charge in [-0.3, -0.25) is 9.79 Å². The first-order valence-electron chi connectivity index (χ1n) is 5.05. The maximum atomic E-state index is 11.1. The van der Waals surface area contributed by atoms with E-state index in [0.717, 1.165) is 0 Å². The molecule has 0 aliphatic heterocycles. The van der Waals surface area contributed by atoms with Crippen LogP contribution < -0.4 is 5.73 Å². The van der Waals surface area contributed by atoms with Gasteiger partial charge in [0.25, 0.3) is 0 Å². The molecule has 0 spiro atoms. The summed E-state index contributed by atoms with van der Waals surface area (Å²) in [4.78, 5) is 15.0. The number of halogens is 3. The van der Waals surface area contributed by atoms with Crippen LogP contribution in [0.15, 0.2) is 15.5 Å². The standard InChI is InChI=1S/C11H11BrCl2N2O2/c1-2-18-9(17)5-16-4-6-8(13)3-7(12)10(14)11(6)15/h3-4H,2,5,15H2,1H3. The topological polar surface area (TPSA) is 64.7 Å². The number of carbonyl (C=O) groups is 1. The Kier molecular flexibility index (Phi) is 5.91. The zero-order chi connectivity index (χ0) is 13.7. The zero-order valence-electron chi connectivity index (χ0n) is 9.54. The largest absolute Gasteiger partial charge is 0.465 e. The van der Waals surface area contributed by atoms with E-state index in [9.17, 15) is 4.79 Å². The number of nitrogen functional groups attached to an aromatic ring is 1. The molecule has 98 valence electrons. The van der Waals surface area contributed by atoms with Gasteiger partial charge >= 0.3 is 5.97 Å². The summed E-state index contributed by atoms with van der Waals surface area (Å²) in [6, 6.07) is 1.62. The summed E-state index contributed by atoms with van der Waals surface area (Å²) in [5.41, 5.74) is 6.60. The van der Waals surface area contributed by atoms with Crippen LogP contribution in [0.4, 0.5) is 5.69 Å². The first-order chi connectivity index (χ1) is 8.47. The zero-order valence-corrected chi connectivity index (χ0v) is 12.6. The SMILES string of the molecule is CCOC(=O)CN=Cc1c(Cl)cc(Br)c(Cl)c1N. The predicted molar refractivity (Wildman–Crippen MR) is 77.7 cm³/mol. The molecule has 0 aliphatic carbocycles. The fraction of sp³-hybridized carbons (Fsp3) is 0.273. The summed E-state index contributed by atoms with van der Waals surface area (Å²) in [6.07, 6.45) is 1.41. The summed E-state index contributed by atoms with van der Waals surface area (Å²) < 4.78 is 5.34. The van der Waals surface area contributed by atoms with Gasteiger partial charge in [0.2, 0.25) is 0 Å². The van der Waals surface area contributed by atoms with Gasteiger partial charge in [-0.05, 0) is 28.9 Å². The molecule has 1 rings (SSSR count). The third-order valence-corrected chi connectivity index (χ3v) is 3.57. The lowest BCUT2D eigenvalue weighted by molar-refractivity contribution is -0.141. The highest BCUT2D eigenvalue weighted by atomic mass is 79.9. The number of benzene rings is 1. The van der Waals surface area contributed by atoms with Gasteiger partial charge in [-0.15, -0.1) is 0 Å². The van der Waals surface area contributed by atoms with Crippen LogP contribution in [0.5, 0.6) is 0 Å². The molecule has 0 bridgehead atoms. The van der Waals surface area contributed by atoms with Crippen LogP contribution in [0, 0.1) is 0 Å². The molecular formula is C11H11BrCl2N2O2. The second-order valence-electron chi connectivity index (χ2n) is 3.26. The van der Waals surface area contributed by atoms with E-state index in [1.165, 1.54) is 6.21 Å². The van der Waals surface area contributed by atoms with Crippen LogP contribution in [0.25, 0.3) is 0 Å². The van der Waals surface area contributed by atoms with Crippen LogP contribution in [-0.4, -0.2) is 25.3 Å². The van der Waals surface area contributed by atoms with Gasteiger partial charge in [-0.2, -0.15) is 0 Å². The van der Waals surface area contributed by atoms with Crippen LogP contribution in [-0.2, 0) is 9.53 Å². The molecule has 0 heterocycles. The van der Waals surface area contributed by atoms with E-state index in [1.54, 1.807) is 13.0 Å². The molecular weight excluding hydrogens is 343 g/mol. The van der Waals surface area contributed by atoms with E-state index in [0.29, 0.717) is 32.4 Å². The maximum Gasteiger partial charge on any atom is 0.327 e. The minimum absolute atomic E-state index is 0.0860. The van der Waals surface area contributed by atoms with Gasteiger partial charge in [0.15, 0.2) is 0 Å². The van der Waals surface area contributed by atoms with E-state index in [-0.39, 0.29) is 6.54 Å². The maximum absolute atomic E-state index is 11.1. The summed E-state index contributed by atoms with van der Waals surface area (Å²) in [5.74, 6) is -0.411. The van der Waals surface area contributed by atoms with Crippen molar-refractivity contribution < 1.29 is 9.53 Å². The van der Waals surface area contributed by atoms with Crippen LogP contribution >= 0.6 is 39.1 Å². The van der Waals surface area contributed by atoms with Crippen molar-refractivity contribution in [1.82, 2.24) is 0 Å². The quantitative estimate of drug-likeness (QED) is 0.391. The second-order valence-corrected chi connectivity index (χ2v) is 4.90. The number of hydrogen-bond acceptors (Lipinski definition) is 4. The Labute approximate surface area is 123 Å². The number of carbonyl (C=O) groups excluding carboxylic acids is 1. The fourth-order valence-electron chi connectivity index (χ4n) is 1.18. The Morgan fingerprint density at radius 3 is 2.89 bits per heavy atom. The van der Waals surface area contributed by atoms with Crippen LogP contribution in [0.1, 0.15) is 12.5 Å². The van der Waals surface area contributed by atoms with Crippen molar-refractivity contribution in [3.8, 4) is 0 Å². The monoisotopic (exact) mass is 352 g/mol. The molecule has 0 radical (unpaired) electrons. The third-order valence-electron chi connectivity index (χ3n) is 1.99. The Balaban J connectivity index is 2.88. The average Bonchev–Trinajstić information content (AvgIpc) is 2.31. The van der Waals surface area contributed by atoms with Gasteiger partial charge in [-0.1, -0.05) is 23.2 Å². The van der Waals surface area contributed by atoms with E-state index in [4.69, 9.17) is 33.7 Å². The van der Waals surface area contributed by atoms with E-state index in [2.05, 4.69) is 20.9 Å². The molecule has 4 nitrogen and oxygen atoms in total.